The quantitative estimate of drug-likeness (QED) is 0.786. The fourth-order valence-corrected chi connectivity index (χ4v) is 2.33. The van der Waals surface area contributed by atoms with Gasteiger partial charge in [-0.05, 0) is 58.4 Å². The maximum absolute atomic E-state index is 12.4. The molecule has 0 spiro atoms. The van der Waals surface area contributed by atoms with Gasteiger partial charge in [-0.1, -0.05) is 13.0 Å². The van der Waals surface area contributed by atoms with Crippen molar-refractivity contribution < 1.29 is 4.79 Å². The van der Waals surface area contributed by atoms with Gasteiger partial charge in [-0.15, -0.1) is 0 Å². The Morgan fingerprint density at radius 3 is 2.55 bits per heavy atom. The van der Waals surface area contributed by atoms with Crippen LogP contribution in [-0.2, 0) is 4.79 Å². The number of benzene rings is 1. The summed E-state index contributed by atoms with van der Waals surface area (Å²) in [6.07, 6.45) is 1.03. The molecule has 1 atom stereocenters. The smallest absolute Gasteiger partial charge is 0.241 e. The van der Waals surface area contributed by atoms with Crippen LogP contribution in [-0.4, -0.2) is 29.4 Å². The number of carbonyl (C=O) groups excluding carboxylic acids is 1. The minimum absolute atomic E-state index is 0.0147. The van der Waals surface area contributed by atoms with E-state index in [0.717, 1.165) is 24.2 Å². The number of nitrogens with two attached hydrogens (primary N) is 1. The lowest BCUT2D eigenvalue weighted by Crippen LogP contribution is -2.46. The first-order valence-electron chi connectivity index (χ1n) is 7.30. The molecule has 4 heteroatoms. The zero-order chi connectivity index (χ0) is 15.3. The molecule has 4 nitrogen and oxygen atoms in total. The molecule has 1 unspecified atom stereocenters. The van der Waals surface area contributed by atoms with Crippen molar-refractivity contribution >= 4 is 17.3 Å². The van der Waals surface area contributed by atoms with E-state index in [9.17, 15) is 4.79 Å². The summed E-state index contributed by atoms with van der Waals surface area (Å²) in [5.41, 5.74) is 8.28. The van der Waals surface area contributed by atoms with E-state index < -0.39 is 0 Å². The first-order chi connectivity index (χ1) is 9.38. The van der Waals surface area contributed by atoms with E-state index in [-0.39, 0.29) is 11.9 Å². The average molecular weight is 277 g/mol. The lowest BCUT2D eigenvalue weighted by atomic mass is 10.1. The molecule has 0 radical (unpaired) electrons. The fourth-order valence-electron chi connectivity index (χ4n) is 2.33. The van der Waals surface area contributed by atoms with Crippen molar-refractivity contribution in [2.45, 2.75) is 53.1 Å². The third-order valence-corrected chi connectivity index (χ3v) is 3.66. The average Bonchev–Trinajstić information content (AvgIpc) is 2.40. The zero-order valence-electron chi connectivity index (χ0n) is 13.2. The predicted molar refractivity (Wildman–Crippen MR) is 85.8 cm³/mol. The third-order valence-electron chi connectivity index (χ3n) is 3.66. The largest absolute Gasteiger partial charge is 0.398 e. The van der Waals surface area contributed by atoms with Gasteiger partial charge >= 0.3 is 0 Å². The van der Waals surface area contributed by atoms with Crippen molar-refractivity contribution in [1.29, 1.82) is 0 Å². The highest BCUT2D eigenvalue weighted by molar-refractivity contribution is 5.95. The molecule has 0 saturated heterocycles. The molecular formula is C16H27N3O. The van der Waals surface area contributed by atoms with Gasteiger partial charge in [0.15, 0.2) is 0 Å². The number of amides is 1. The second kappa shape index (κ2) is 7.29. The monoisotopic (exact) mass is 277 g/mol. The summed E-state index contributed by atoms with van der Waals surface area (Å²) in [5, 5.41) is 2.98. The van der Waals surface area contributed by atoms with Crippen molar-refractivity contribution in [2.75, 3.05) is 17.6 Å². The van der Waals surface area contributed by atoms with Gasteiger partial charge in [0.2, 0.25) is 5.91 Å². The van der Waals surface area contributed by atoms with Crippen LogP contribution in [0.25, 0.3) is 0 Å². The highest BCUT2D eigenvalue weighted by Gasteiger charge is 2.23. The number of hydrogen-bond acceptors (Lipinski definition) is 3. The molecule has 20 heavy (non-hydrogen) atoms. The van der Waals surface area contributed by atoms with Gasteiger partial charge in [-0.25, -0.2) is 0 Å². The normalized spacial score (nSPS) is 12.8. The van der Waals surface area contributed by atoms with E-state index in [2.05, 4.69) is 31.0 Å². The van der Waals surface area contributed by atoms with Crippen LogP contribution >= 0.6 is 0 Å². The second-order valence-electron chi connectivity index (χ2n) is 5.52. The molecule has 1 aromatic rings. The number of rotatable bonds is 6. The number of nitrogens with one attached hydrogen (secondary N) is 1. The Balaban J connectivity index is 2.81. The van der Waals surface area contributed by atoms with Gasteiger partial charge < -0.3 is 11.1 Å². The maximum atomic E-state index is 12.4. The van der Waals surface area contributed by atoms with Gasteiger partial charge in [-0.2, -0.15) is 0 Å². The Morgan fingerprint density at radius 2 is 2.00 bits per heavy atom. The van der Waals surface area contributed by atoms with Crippen molar-refractivity contribution in [3.8, 4) is 0 Å². The van der Waals surface area contributed by atoms with Crippen molar-refractivity contribution in [3.63, 3.8) is 0 Å². The molecule has 0 aliphatic heterocycles. The van der Waals surface area contributed by atoms with Crippen molar-refractivity contribution in [3.05, 3.63) is 23.8 Å². The molecule has 1 amide bonds. The topological polar surface area (TPSA) is 58.4 Å². The van der Waals surface area contributed by atoms with E-state index in [1.165, 1.54) is 0 Å². The molecule has 0 aliphatic rings. The van der Waals surface area contributed by atoms with Gasteiger partial charge in [0.05, 0.1) is 6.04 Å². The summed E-state index contributed by atoms with van der Waals surface area (Å²) in [7, 11) is 0. The van der Waals surface area contributed by atoms with Crippen LogP contribution in [0.5, 0.6) is 0 Å². The highest BCUT2D eigenvalue weighted by Crippen LogP contribution is 2.21. The minimum Gasteiger partial charge on any atom is -0.398 e. The van der Waals surface area contributed by atoms with Crippen molar-refractivity contribution in [1.82, 2.24) is 4.90 Å². The molecule has 0 saturated carbocycles. The lowest BCUT2D eigenvalue weighted by Gasteiger charge is -2.31. The minimum atomic E-state index is -0.157. The number of nitrogen functional groups attached to an aromatic ring is 1. The van der Waals surface area contributed by atoms with Gasteiger partial charge in [0.25, 0.3) is 0 Å². The van der Waals surface area contributed by atoms with Crippen LogP contribution in [0.3, 0.4) is 0 Å². The molecule has 0 fully saturated rings. The lowest BCUT2D eigenvalue weighted by molar-refractivity contribution is -0.121. The van der Waals surface area contributed by atoms with Gasteiger partial charge in [0.1, 0.15) is 0 Å². The molecule has 0 bridgehead atoms. The molecule has 0 aromatic heterocycles. The summed E-state index contributed by atoms with van der Waals surface area (Å²) in [5.74, 6) is 0.0147. The van der Waals surface area contributed by atoms with Gasteiger partial charge in [-0.3, -0.25) is 9.69 Å². The van der Waals surface area contributed by atoms with Crippen LogP contribution in [0, 0.1) is 6.92 Å². The molecule has 112 valence electrons. The summed E-state index contributed by atoms with van der Waals surface area (Å²) < 4.78 is 0. The summed E-state index contributed by atoms with van der Waals surface area (Å²) in [6, 6.07) is 5.77. The molecule has 0 aliphatic carbocycles. The van der Waals surface area contributed by atoms with Crippen LogP contribution in [0.15, 0.2) is 18.2 Å². The fraction of sp³-hybridized carbons (Fsp3) is 0.562. The standard InChI is InChI=1S/C16H27N3O/c1-6-10-19(11(2)3)13(5)16(20)18-15-9-7-8-14(17)12(15)4/h7-9,11,13H,6,10,17H2,1-5H3,(H,18,20). The zero-order valence-corrected chi connectivity index (χ0v) is 13.2. The Kier molecular flexibility index (Phi) is 6.02. The van der Waals surface area contributed by atoms with E-state index in [1.54, 1.807) is 0 Å². The molecule has 1 aromatic carbocycles. The Bertz CT molecular complexity index is 457. The van der Waals surface area contributed by atoms with Crippen molar-refractivity contribution in [2.24, 2.45) is 0 Å². The van der Waals surface area contributed by atoms with Gasteiger partial charge in [0, 0.05) is 17.4 Å². The highest BCUT2D eigenvalue weighted by atomic mass is 16.2. The van der Waals surface area contributed by atoms with E-state index in [0.29, 0.717) is 11.7 Å². The summed E-state index contributed by atoms with van der Waals surface area (Å²) in [4.78, 5) is 14.6. The van der Waals surface area contributed by atoms with E-state index in [1.807, 2.05) is 32.0 Å². The molecule has 1 rings (SSSR count). The molecule has 0 heterocycles. The number of nitrogens with zero attached hydrogens (tertiary/aromatic N) is 1. The summed E-state index contributed by atoms with van der Waals surface area (Å²) >= 11 is 0. The third kappa shape index (κ3) is 3.97. The second-order valence-corrected chi connectivity index (χ2v) is 5.52. The van der Waals surface area contributed by atoms with E-state index >= 15 is 0 Å². The van der Waals surface area contributed by atoms with Crippen LogP contribution in [0.1, 0.15) is 39.7 Å². The summed E-state index contributed by atoms with van der Waals surface area (Å²) in [6.45, 7) is 11.1. The van der Waals surface area contributed by atoms with Crippen LogP contribution in [0.4, 0.5) is 11.4 Å². The SMILES string of the molecule is CCCN(C(C)C)C(C)C(=O)Nc1cccc(N)c1C. The Morgan fingerprint density at radius 1 is 1.35 bits per heavy atom. The Hall–Kier alpha value is -1.55. The first kappa shape index (κ1) is 16.5. The maximum Gasteiger partial charge on any atom is 0.241 e. The van der Waals surface area contributed by atoms with E-state index in [4.69, 9.17) is 5.73 Å². The number of anilines is 2. The number of hydrogen-bond donors (Lipinski definition) is 2. The predicted octanol–water partition coefficient (Wildman–Crippen LogP) is 3.02. The number of carbonyl (C=O) groups is 1. The van der Waals surface area contributed by atoms with Crippen LogP contribution < -0.4 is 11.1 Å². The molecule has 3 N–H and O–H groups in total. The van der Waals surface area contributed by atoms with Crippen LogP contribution in [0.2, 0.25) is 0 Å². The molecular weight excluding hydrogens is 250 g/mol. The first-order valence-corrected chi connectivity index (χ1v) is 7.30. The Labute approximate surface area is 122 Å².